The Bertz CT molecular complexity index is 920. The Morgan fingerprint density at radius 2 is 1.75 bits per heavy atom. The van der Waals surface area contributed by atoms with E-state index in [2.05, 4.69) is 5.32 Å². The molecular formula is C22H34N4O5S. The second-order valence-electron chi connectivity index (χ2n) is 8.49. The Morgan fingerprint density at radius 1 is 1.09 bits per heavy atom. The SMILES string of the molecule is CCOc1ccc(NC(=O)C2CCN(C(=O)N(C)C)CC2)cc1S(=O)(=O)N1CCCCC1. The van der Waals surface area contributed by atoms with Crippen LogP contribution >= 0.6 is 0 Å². The highest BCUT2D eigenvalue weighted by atomic mass is 32.2. The highest BCUT2D eigenvalue weighted by Crippen LogP contribution is 2.32. The van der Waals surface area contributed by atoms with E-state index in [-0.39, 0.29) is 22.8 Å². The van der Waals surface area contributed by atoms with Gasteiger partial charge in [0.25, 0.3) is 0 Å². The Balaban J connectivity index is 1.73. The summed E-state index contributed by atoms with van der Waals surface area (Å²) in [6, 6.07) is 4.72. The van der Waals surface area contributed by atoms with Gasteiger partial charge in [-0.3, -0.25) is 4.79 Å². The molecule has 2 heterocycles. The van der Waals surface area contributed by atoms with Crippen molar-refractivity contribution in [2.45, 2.75) is 43.9 Å². The predicted molar refractivity (Wildman–Crippen MR) is 122 cm³/mol. The number of hydrogen-bond donors (Lipinski definition) is 1. The van der Waals surface area contributed by atoms with Gasteiger partial charge >= 0.3 is 6.03 Å². The fourth-order valence-corrected chi connectivity index (χ4v) is 5.84. The number of ether oxygens (including phenoxy) is 1. The van der Waals surface area contributed by atoms with E-state index in [1.54, 1.807) is 38.1 Å². The molecule has 2 fully saturated rings. The van der Waals surface area contributed by atoms with Crippen molar-refractivity contribution in [1.82, 2.24) is 14.1 Å². The summed E-state index contributed by atoms with van der Waals surface area (Å²) < 4.78 is 33.6. The third kappa shape index (κ3) is 5.53. The van der Waals surface area contributed by atoms with Crippen LogP contribution in [0.5, 0.6) is 5.75 Å². The lowest BCUT2D eigenvalue weighted by Crippen LogP contribution is -2.45. The molecule has 178 valence electrons. The van der Waals surface area contributed by atoms with Crippen LogP contribution in [-0.4, -0.2) is 81.3 Å². The molecule has 0 aromatic heterocycles. The standard InChI is InChI=1S/C22H34N4O5S/c1-4-31-19-9-8-18(16-20(19)32(29,30)26-12-6-5-7-13-26)23-21(27)17-10-14-25(15-11-17)22(28)24(2)3/h8-9,16-17H,4-7,10-15H2,1-3H3,(H,23,27). The zero-order valence-electron chi connectivity index (χ0n) is 19.2. The number of likely N-dealkylation sites (tertiary alicyclic amines) is 1. The number of carbonyl (C=O) groups excluding carboxylic acids is 2. The van der Waals surface area contributed by atoms with Gasteiger partial charge < -0.3 is 19.9 Å². The van der Waals surface area contributed by atoms with E-state index in [1.165, 1.54) is 15.3 Å². The minimum atomic E-state index is -3.71. The minimum absolute atomic E-state index is 0.0528. The number of amides is 3. The van der Waals surface area contributed by atoms with Crippen molar-refractivity contribution in [3.8, 4) is 5.75 Å². The molecule has 0 saturated carbocycles. The lowest BCUT2D eigenvalue weighted by atomic mass is 9.96. The summed E-state index contributed by atoms with van der Waals surface area (Å²) in [5.74, 6) is -0.0889. The van der Waals surface area contributed by atoms with Gasteiger partial charge in [0.05, 0.1) is 6.61 Å². The average Bonchev–Trinajstić information content (AvgIpc) is 2.80. The van der Waals surface area contributed by atoms with Gasteiger partial charge in [-0.25, -0.2) is 13.2 Å². The third-order valence-corrected chi connectivity index (χ3v) is 7.88. The molecule has 0 aliphatic carbocycles. The van der Waals surface area contributed by atoms with E-state index in [9.17, 15) is 18.0 Å². The maximum atomic E-state index is 13.3. The number of rotatable bonds is 6. The van der Waals surface area contributed by atoms with Crippen LogP contribution in [0.25, 0.3) is 0 Å². The second-order valence-corrected chi connectivity index (χ2v) is 10.4. The summed E-state index contributed by atoms with van der Waals surface area (Å²) in [5, 5.41) is 2.87. The van der Waals surface area contributed by atoms with Crippen molar-refractivity contribution in [1.29, 1.82) is 0 Å². The average molecular weight is 467 g/mol. The van der Waals surface area contributed by atoms with Gasteiger partial charge in [-0.1, -0.05) is 6.42 Å². The first kappa shape index (κ1) is 24.3. The van der Waals surface area contributed by atoms with Gasteiger partial charge in [-0.05, 0) is 50.8 Å². The molecule has 1 aromatic rings. The highest BCUT2D eigenvalue weighted by Gasteiger charge is 2.31. The molecule has 10 heteroatoms. The molecule has 2 aliphatic heterocycles. The zero-order valence-corrected chi connectivity index (χ0v) is 20.0. The molecule has 9 nitrogen and oxygen atoms in total. The number of carbonyl (C=O) groups is 2. The Kier molecular flexibility index (Phi) is 8.00. The lowest BCUT2D eigenvalue weighted by molar-refractivity contribution is -0.121. The maximum Gasteiger partial charge on any atom is 0.319 e. The number of nitrogens with one attached hydrogen (secondary N) is 1. The quantitative estimate of drug-likeness (QED) is 0.695. The van der Waals surface area contributed by atoms with E-state index >= 15 is 0 Å². The molecule has 0 spiro atoms. The predicted octanol–water partition coefficient (Wildman–Crippen LogP) is 2.59. The number of piperidine rings is 2. The fourth-order valence-electron chi connectivity index (χ4n) is 4.17. The maximum absolute atomic E-state index is 13.3. The van der Waals surface area contributed by atoms with Gasteiger partial charge in [0.15, 0.2) is 0 Å². The van der Waals surface area contributed by atoms with Crippen molar-refractivity contribution < 1.29 is 22.7 Å². The first-order valence-corrected chi connectivity index (χ1v) is 12.7. The molecular weight excluding hydrogens is 432 g/mol. The zero-order chi connectivity index (χ0) is 23.3. The summed E-state index contributed by atoms with van der Waals surface area (Å²) in [5.41, 5.74) is 0.431. The fraction of sp³-hybridized carbons (Fsp3) is 0.636. The number of urea groups is 1. The monoisotopic (exact) mass is 466 g/mol. The van der Waals surface area contributed by atoms with Crippen molar-refractivity contribution >= 4 is 27.6 Å². The summed E-state index contributed by atoms with van der Waals surface area (Å²) >= 11 is 0. The van der Waals surface area contributed by atoms with E-state index in [4.69, 9.17) is 4.74 Å². The van der Waals surface area contributed by atoms with Crippen LogP contribution in [0.1, 0.15) is 39.0 Å². The van der Waals surface area contributed by atoms with Crippen molar-refractivity contribution in [3.05, 3.63) is 18.2 Å². The first-order valence-electron chi connectivity index (χ1n) is 11.3. The molecule has 32 heavy (non-hydrogen) atoms. The molecule has 1 N–H and O–H groups in total. The molecule has 2 saturated heterocycles. The van der Waals surface area contributed by atoms with Crippen LogP contribution in [-0.2, 0) is 14.8 Å². The first-order chi connectivity index (χ1) is 15.2. The van der Waals surface area contributed by atoms with Gasteiger partial charge in [-0.15, -0.1) is 0 Å². The van der Waals surface area contributed by atoms with Crippen LogP contribution in [0, 0.1) is 5.92 Å². The molecule has 0 bridgehead atoms. The summed E-state index contributed by atoms with van der Waals surface area (Å²) in [6.07, 6.45) is 3.85. The second kappa shape index (κ2) is 10.5. The van der Waals surface area contributed by atoms with Crippen molar-refractivity contribution in [2.24, 2.45) is 5.92 Å². The number of anilines is 1. The third-order valence-electron chi connectivity index (χ3n) is 5.96. The van der Waals surface area contributed by atoms with E-state index in [1.807, 2.05) is 0 Å². The van der Waals surface area contributed by atoms with E-state index in [0.717, 1.165) is 19.3 Å². The molecule has 2 aliphatic rings. The lowest BCUT2D eigenvalue weighted by Gasteiger charge is -2.33. The topological polar surface area (TPSA) is 99.3 Å². The molecule has 0 unspecified atom stereocenters. The van der Waals surface area contributed by atoms with Gasteiger partial charge in [0.1, 0.15) is 10.6 Å². The molecule has 3 amide bonds. The number of hydrogen-bond acceptors (Lipinski definition) is 5. The minimum Gasteiger partial charge on any atom is -0.492 e. The Hall–Kier alpha value is -2.33. The van der Waals surface area contributed by atoms with Crippen LogP contribution in [0.15, 0.2) is 23.1 Å². The molecule has 1 aromatic carbocycles. The number of benzene rings is 1. The smallest absolute Gasteiger partial charge is 0.319 e. The van der Waals surface area contributed by atoms with Crippen LogP contribution < -0.4 is 10.1 Å². The van der Waals surface area contributed by atoms with Crippen LogP contribution in [0.3, 0.4) is 0 Å². The van der Waals surface area contributed by atoms with Gasteiger partial charge in [0.2, 0.25) is 15.9 Å². The number of nitrogens with zero attached hydrogens (tertiary/aromatic N) is 3. The van der Waals surface area contributed by atoms with E-state index < -0.39 is 10.0 Å². The summed E-state index contributed by atoms with van der Waals surface area (Å²) in [4.78, 5) is 28.3. The molecule has 0 atom stereocenters. The van der Waals surface area contributed by atoms with Crippen LogP contribution in [0.4, 0.5) is 10.5 Å². The van der Waals surface area contributed by atoms with Gasteiger partial charge in [0, 0.05) is 51.9 Å². The highest BCUT2D eigenvalue weighted by molar-refractivity contribution is 7.89. The summed E-state index contributed by atoms with van der Waals surface area (Å²) in [6.45, 7) is 4.18. The van der Waals surface area contributed by atoms with E-state index in [0.29, 0.717) is 57.1 Å². The van der Waals surface area contributed by atoms with Crippen molar-refractivity contribution in [3.63, 3.8) is 0 Å². The Morgan fingerprint density at radius 3 is 2.34 bits per heavy atom. The molecule has 0 radical (unpaired) electrons. The van der Waals surface area contributed by atoms with Crippen molar-refractivity contribution in [2.75, 3.05) is 52.2 Å². The van der Waals surface area contributed by atoms with Gasteiger partial charge in [-0.2, -0.15) is 4.31 Å². The molecule has 3 rings (SSSR count). The van der Waals surface area contributed by atoms with Crippen LogP contribution in [0.2, 0.25) is 0 Å². The largest absolute Gasteiger partial charge is 0.492 e. The summed E-state index contributed by atoms with van der Waals surface area (Å²) in [7, 11) is -0.293. The Labute approximate surface area is 190 Å². The normalized spacial score (nSPS) is 18.3. The number of sulfonamides is 1.